The van der Waals surface area contributed by atoms with E-state index in [4.69, 9.17) is 5.73 Å². The van der Waals surface area contributed by atoms with Crippen LogP contribution >= 0.6 is 22.6 Å². The fourth-order valence-electron chi connectivity index (χ4n) is 0.795. The van der Waals surface area contributed by atoms with Crippen LogP contribution < -0.4 is 5.73 Å². The molecule has 0 bridgehead atoms. The van der Waals surface area contributed by atoms with Crippen molar-refractivity contribution in [3.05, 3.63) is 9.90 Å². The zero-order valence-corrected chi connectivity index (χ0v) is 7.53. The van der Waals surface area contributed by atoms with Crippen LogP contribution in [0.5, 0.6) is 0 Å². The summed E-state index contributed by atoms with van der Waals surface area (Å²) >= 11 is 2.11. The van der Waals surface area contributed by atoms with Crippen molar-refractivity contribution in [2.45, 2.75) is 0 Å². The van der Waals surface area contributed by atoms with Gasteiger partial charge < -0.3 is 5.73 Å². The Balaban J connectivity index is 2.87. The number of H-pyrrole nitrogens is 1. The third kappa shape index (κ3) is 1.02. The Kier molecular flexibility index (Phi) is 1.41. The molecule has 2 aromatic rings. The molecule has 0 saturated carbocycles. The fourth-order valence-corrected chi connectivity index (χ4v) is 1.31. The largest absolute Gasteiger partial charge is 0.368 e. The highest BCUT2D eigenvalue weighted by Gasteiger charge is 2.03. The number of nitrogen functional groups attached to an aromatic ring is 1. The third-order valence-electron chi connectivity index (χ3n) is 1.27. The smallest absolute Gasteiger partial charge is 0.220 e. The third-order valence-corrected chi connectivity index (χ3v) is 2.02. The van der Waals surface area contributed by atoms with Gasteiger partial charge in [0.05, 0.1) is 6.20 Å². The normalized spacial score (nSPS) is 10.6. The topological polar surface area (TPSA) is 80.5 Å². The maximum Gasteiger partial charge on any atom is 0.220 e. The molecule has 0 aromatic carbocycles. The molecule has 0 aliphatic heterocycles. The average Bonchev–Trinajstić information content (AvgIpc) is 2.33. The molecule has 0 saturated heterocycles. The molecule has 0 amide bonds. The molecular weight excluding hydrogens is 257 g/mol. The predicted octanol–water partition coefficient (Wildman–Crippen LogP) is 0.540. The number of hydrogen-bond acceptors (Lipinski definition) is 4. The number of nitrogens with one attached hydrogen (secondary N) is 1. The molecule has 0 aliphatic rings. The number of aromatic nitrogens is 4. The van der Waals surface area contributed by atoms with Crippen LogP contribution in [0.4, 0.5) is 5.95 Å². The van der Waals surface area contributed by atoms with Crippen LogP contribution in [0.2, 0.25) is 0 Å². The van der Waals surface area contributed by atoms with Gasteiger partial charge >= 0.3 is 0 Å². The number of rotatable bonds is 0. The molecule has 0 aliphatic carbocycles. The van der Waals surface area contributed by atoms with Crippen LogP contribution in [0.15, 0.2) is 6.20 Å². The summed E-state index contributed by atoms with van der Waals surface area (Å²) in [7, 11) is 0. The molecule has 2 heterocycles. The maximum atomic E-state index is 5.38. The monoisotopic (exact) mass is 261 g/mol. The van der Waals surface area contributed by atoms with Crippen LogP contribution in [-0.2, 0) is 0 Å². The van der Waals surface area contributed by atoms with E-state index in [2.05, 4.69) is 42.8 Å². The Labute approximate surface area is 75.6 Å². The molecule has 11 heavy (non-hydrogen) atoms. The first-order valence-electron chi connectivity index (χ1n) is 2.89. The summed E-state index contributed by atoms with van der Waals surface area (Å²) in [4.78, 5) is 7.80. The first-order valence-corrected chi connectivity index (χ1v) is 3.97. The van der Waals surface area contributed by atoms with E-state index in [9.17, 15) is 0 Å². The summed E-state index contributed by atoms with van der Waals surface area (Å²) in [5.41, 5.74) is 6.90. The number of nitrogens with zero attached hydrogens (tertiary/aromatic N) is 3. The number of nitrogens with two attached hydrogens (primary N) is 1. The van der Waals surface area contributed by atoms with Gasteiger partial charge in [0.1, 0.15) is 14.7 Å². The van der Waals surface area contributed by atoms with E-state index in [0.717, 1.165) is 14.7 Å². The highest BCUT2D eigenvalue weighted by Crippen LogP contribution is 2.13. The summed E-state index contributed by atoms with van der Waals surface area (Å²) in [5.74, 6) is 0.275. The summed E-state index contributed by atoms with van der Waals surface area (Å²) in [5, 5.41) is 6.73. The minimum absolute atomic E-state index is 0.275. The van der Waals surface area contributed by atoms with E-state index in [1.54, 1.807) is 6.20 Å². The molecule has 0 fully saturated rings. The van der Waals surface area contributed by atoms with Gasteiger partial charge in [0, 0.05) is 0 Å². The van der Waals surface area contributed by atoms with E-state index in [0.29, 0.717) is 0 Å². The number of aromatic amines is 1. The Morgan fingerprint density at radius 3 is 3.18 bits per heavy atom. The second-order valence-electron chi connectivity index (χ2n) is 2.00. The molecular formula is C5H4IN5. The molecule has 0 spiro atoms. The Morgan fingerprint density at radius 1 is 1.55 bits per heavy atom. The Bertz CT molecular complexity index is 395. The van der Waals surface area contributed by atoms with Gasteiger partial charge in [-0.3, -0.25) is 5.10 Å². The van der Waals surface area contributed by atoms with Gasteiger partial charge in [-0.1, -0.05) is 0 Å². The Morgan fingerprint density at radius 2 is 2.36 bits per heavy atom. The van der Waals surface area contributed by atoms with Gasteiger partial charge in [-0.05, 0) is 22.6 Å². The lowest BCUT2D eigenvalue weighted by Gasteiger charge is -1.88. The van der Waals surface area contributed by atoms with E-state index in [-0.39, 0.29) is 5.95 Å². The highest BCUT2D eigenvalue weighted by molar-refractivity contribution is 14.1. The highest BCUT2D eigenvalue weighted by atomic mass is 127. The number of halogens is 1. The van der Waals surface area contributed by atoms with Gasteiger partial charge in [-0.2, -0.15) is 5.10 Å². The predicted molar refractivity (Wildman–Crippen MR) is 48.8 cm³/mol. The molecule has 6 heteroatoms. The zero-order valence-electron chi connectivity index (χ0n) is 5.37. The van der Waals surface area contributed by atoms with Gasteiger partial charge in [-0.15, -0.1) is 0 Å². The van der Waals surface area contributed by atoms with Crippen LogP contribution in [0.3, 0.4) is 0 Å². The molecule has 2 rings (SSSR count). The summed E-state index contributed by atoms with van der Waals surface area (Å²) in [6.07, 6.45) is 1.59. The lowest BCUT2D eigenvalue weighted by Crippen LogP contribution is -1.93. The minimum atomic E-state index is 0.275. The van der Waals surface area contributed by atoms with Crippen molar-refractivity contribution < 1.29 is 0 Å². The van der Waals surface area contributed by atoms with Crippen molar-refractivity contribution in [3.63, 3.8) is 0 Å². The molecule has 0 radical (unpaired) electrons. The Hall–Kier alpha value is -0.920. The lowest BCUT2D eigenvalue weighted by molar-refractivity contribution is 1.09. The van der Waals surface area contributed by atoms with Crippen molar-refractivity contribution >= 4 is 39.6 Å². The van der Waals surface area contributed by atoms with E-state index in [1.807, 2.05) is 0 Å². The van der Waals surface area contributed by atoms with E-state index in [1.165, 1.54) is 0 Å². The second kappa shape index (κ2) is 2.29. The van der Waals surface area contributed by atoms with Crippen molar-refractivity contribution in [3.8, 4) is 0 Å². The van der Waals surface area contributed by atoms with Gasteiger partial charge in [0.25, 0.3) is 0 Å². The van der Waals surface area contributed by atoms with Crippen LogP contribution in [0, 0.1) is 3.70 Å². The van der Waals surface area contributed by atoms with Crippen LogP contribution in [-0.4, -0.2) is 20.2 Å². The maximum absolute atomic E-state index is 5.38. The number of hydrogen-bond donors (Lipinski definition) is 2. The molecule has 0 atom stereocenters. The molecule has 5 nitrogen and oxygen atoms in total. The molecule has 2 aromatic heterocycles. The lowest BCUT2D eigenvalue weighted by atomic mass is 10.5. The van der Waals surface area contributed by atoms with Crippen LogP contribution in [0.1, 0.15) is 0 Å². The van der Waals surface area contributed by atoms with Gasteiger partial charge in [0.2, 0.25) is 5.95 Å². The first kappa shape index (κ1) is 6.77. The van der Waals surface area contributed by atoms with Crippen LogP contribution in [0.25, 0.3) is 11.0 Å². The molecule has 0 unspecified atom stereocenters. The van der Waals surface area contributed by atoms with Gasteiger partial charge in [0.15, 0.2) is 0 Å². The number of anilines is 1. The van der Waals surface area contributed by atoms with E-state index < -0.39 is 0 Å². The van der Waals surface area contributed by atoms with Crippen molar-refractivity contribution in [2.24, 2.45) is 0 Å². The first-order chi connectivity index (χ1) is 5.27. The summed E-state index contributed by atoms with van der Waals surface area (Å²) < 4.78 is 0.881. The summed E-state index contributed by atoms with van der Waals surface area (Å²) in [6.45, 7) is 0. The fraction of sp³-hybridized carbons (Fsp3) is 0. The van der Waals surface area contributed by atoms with Gasteiger partial charge in [-0.25, -0.2) is 9.97 Å². The quantitative estimate of drug-likeness (QED) is 0.678. The number of fused-ring (bicyclic) bond motifs is 1. The summed E-state index contributed by atoms with van der Waals surface area (Å²) in [6, 6.07) is 0. The average molecular weight is 261 g/mol. The second-order valence-corrected chi connectivity index (χ2v) is 3.08. The molecule has 56 valence electrons. The standard InChI is InChI=1S/C5H4IN5/c6-4-3-2(10-11-4)1-8-5(7)9-3/h1H,(H,10,11)(H2,7,8,9). The molecule has 3 N–H and O–H groups in total. The minimum Gasteiger partial charge on any atom is -0.368 e. The zero-order chi connectivity index (χ0) is 7.84. The van der Waals surface area contributed by atoms with E-state index >= 15 is 0 Å². The van der Waals surface area contributed by atoms with Crippen molar-refractivity contribution in [1.29, 1.82) is 0 Å². The SMILES string of the molecule is Nc1ncc2n[nH]c(I)c2n1. The van der Waals surface area contributed by atoms with Crippen molar-refractivity contribution in [2.75, 3.05) is 5.73 Å². The van der Waals surface area contributed by atoms with Crippen molar-refractivity contribution in [1.82, 2.24) is 20.2 Å².